The molecule has 0 aromatic heterocycles. The topological polar surface area (TPSA) is 61.4 Å². The largest absolute Gasteiger partial charge is 0.348 e. The lowest BCUT2D eigenvalue weighted by molar-refractivity contribution is -0.123. The van der Waals surface area contributed by atoms with Crippen molar-refractivity contribution in [2.24, 2.45) is 0 Å². The van der Waals surface area contributed by atoms with Crippen molar-refractivity contribution in [1.82, 2.24) is 10.2 Å². The summed E-state index contributed by atoms with van der Waals surface area (Å²) in [6, 6.07) is 15.1. The van der Waals surface area contributed by atoms with E-state index in [1.807, 2.05) is 38.1 Å². The Hall–Kier alpha value is -2.37. The molecule has 0 unspecified atom stereocenters. The summed E-state index contributed by atoms with van der Waals surface area (Å²) in [4.78, 5) is 26.2. The van der Waals surface area contributed by atoms with Gasteiger partial charge in [0.15, 0.2) is 0 Å². The number of halogens is 1. The number of anilines is 1. The molecule has 0 aliphatic heterocycles. The Morgan fingerprint density at radius 1 is 1.04 bits per heavy atom. The average molecular weight is 388 g/mol. The van der Waals surface area contributed by atoms with Crippen LogP contribution in [0.2, 0.25) is 5.02 Å². The van der Waals surface area contributed by atoms with Crippen LogP contribution in [0.5, 0.6) is 0 Å². The molecule has 27 heavy (non-hydrogen) atoms. The fraction of sp³-hybridized carbons (Fsp3) is 0.333. The Kier molecular flexibility index (Phi) is 7.82. The lowest BCUT2D eigenvalue weighted by atomic mass is 10.0. The summed E-state index contributed by atoms with van der Waals surface area (Å²) in [5.74, 6) is -0.334. The van der Waals surface area contributed by atoms with E-state index in [1.54, 1.807) is 36.2 Å². The lowest BCUT2D eigenvalue weighted by Crippen LogP contribution is -2.40. The summed E-state index contributed by atoms with van der Waals surface area (Å²) in [6.45, 7) is 4.30. The summed E-state index contributed by atoms with van der Waals surface area (Å²) in [5.41, 5.74) is 2.83. The highest BCUT2D eigenvalue weighted by Gasteiger charge is 2.16. The smallest absolute Gasteiger partial charge is 0.238 e. The van der Waals surface area contributed by atoms with Gasteiger partial charge in [-0.1, -0.05) is 60.5 Å². The van der Waals surface area contributed by atoms with E-state index in [9.17, 15) is 9.59 Å². The Balaban J connectivity index is 1.84. The van der Waals surface area contributed by atoms with Crippen molar-refractivity contribution in [2.45, 2.75) is 26.3 Å². The zero-order chi connectivity index (χ0) is 19.8. The standard InChI is InChI=1S/C21H26ClN3O2/c1-4-18(16-11-9-15(2)10-12-16)23-20(26)13-25(3)14-21(27)24-19-8-6-5-7-17(19)22/h5-12,18H,4,13-14H2,1-3H3,(H,23,26)(H,24,27)/t18-/m0/s1. The van der Waals surface area contributed by atoms with Crippen LogP contribution < -0.4 is 10.6 Å². The van der Waals surface area contributed by atoms with Gasteiger partial charge >= 0.3 is 0 Å². The number of likely N-dealkylation sites (N-methyl/N-ethyl adjacent to an activating group) is 1. The SMILES string of the molecule is CC[C@H](NC(=O)CN(C)CC(=O)Nc1ccccc1Cl)c1ccc(C)cc1. The van der Waals surface area contributed by atoms with Gasteiger partial charge < -0.3 is 10.6 Å². The molecule has 0 heterocycles. The number of hydrogen-bond acceptors (Lipinski definition) is 3. The maximum atomic E-state index is 12.4. The summed E-state index contributed by atoms with van der Waals surface area (Å²) in [6.07, 6.45) is 0.797. The fourth-order valence-corrected chi connectivity index (χ4v) is 2.94. The molecule has 0 bridgehead atoms. The number of para-hydroxylation sites is 1. The summed E-state index contributed by atoms with van der Waals surface area (Å²) in [7, 11) is 1.73. The molecule has 0 spiro atoms. The van der Waals surface area contributed by atoms with Crippen LogP contribution in [0.3, 0.4) is 0 Å². The molecular weight excluding hydrogens is 362 g/mol. The Labute approximate surface area is 165 Å². The zero-order valence-electron chi connectivity index (χ0n) is 16.0. The van der Waals surface area contributed by atoms with Crippen LogP contribution >= 0.6 is 11.6 Å². The Morgan fingerprint density at radius 3 is 2.30 bits per heavy atom. The molecule has 0 saturated heterocycles. The fourth-order valence-electron chi connectivity index (χ4n) is 2.76. The number of benzene rings is 2. The van der Waals surface area contributed by atoms with E-state index in [4.69, 9.17) is 11.6 Å². The number of nitrogens with zero attached hydrogens (tertiary/aromatic N) is 1. The Morgan fingerprint density at radius 2 is 1.67 bits per heavy atom. The average Bonchev–Trinajstić information content (AvgIpc) is 2.62. The van der Waals surface area contributed by atoms with Gasteiger partial charge in [0.25, 0.3) is 0 Å². The van der Waals surface area contributed by atoms with Gasteiger partial charge in [-0.25, -0.2) is 0 Å². The molecule has 0 aliphatic rings. The van der Waals surface area contributed by atoms with Crippen LogP contribution in [-0.2, 0) is 9.59 Å². The van der Waals surface area contributed by atoms with E-state index < -0.39 is 0 Å². The molecule has 2 N–H and O–H groups in total. The van der Waals surface area contributed by atoms with Gasteiger partial charge in [-0.2, -0.15) is 0 Å². The van der Waals surface area contributed by atoms with Crippen molar-refractivity contribution in [3.05, 3.63) is 64.7 Å². The van der Waals surface area contributed by atoms with Crippen molar-refractivity contribution in [1.29, 1.82) is 0 Å². The van der Waals surface area contributed by atoms with E-state index in [-0.39, 0.29) is 30.9 Å². The minimum Gasteiger partial charge on any atom is -0.348 e. The lowest BCUT2D eigenvalue weighted by Gasteiger charge is -2.21. The van der Waals surface area contributed by atoms with Crippen molar-refractivity contribution >= 4 is 29.1 Å². The van der Waals surface area contributed by atoms with E-state index in [1.165, 1.54) is 5.56 Å². The predicted molar refractivity (Wildman–Crippen MR) is 110 cm³/mol. The van der Waals surface area contributed by atoms with E-state index in [0.29, 0.717) is 10.7 Å². The minimum absolute atomic E-state index is 0.0385. The molecule has 0 fully saturated rings. The molecular formula is C21H26ClN3O2. The van der Waals surface area contributed by atoms with Gasteiger partial charge in [-0.05, 0) is 38.1 Å². The summed E-state index contributed by atoms with van der Waals surface area (Å²) in [5, 5.41) is 6.27. The van der Waals surface area contributed by atoms with Gasteiger partial charge in [-0.3, -0.25) is 14.5 Å². The highest BCUT2D eigenvalue weighted by atomic mass is 35.5. The first-order valence-electron chi connectivity index (χ1n) is 8.98. The highest BCUT2D eigenvalue weighted by molar-refractivity contribution is 6.33. The number of nitrogens with one attached hydrogen (secondary N) is 2. The number of aryl methyl sites for hydroxylation is 1. The summed E-state index contributed by atoms with van der Waals surface area (Å²) < 4.78 is 0. The molecule has 144 valence electrons. The number of rotatable bonds is 8. The first kappa shape index (κ1) is 20.9. The molecule has 0 aliphatic carbocycles. The second-order valence-corrected chi connectivity index (χ2v) is 7.05. The molecule has 5 nitrogen and oxygen atoms in total. The maximum Gasteiger partial charge on any atom is 0.238 e. The maximum absolute atomic E-state index is 12.4. The quantitative estimate of drug-likeness (QED) is 0.724. The van der Waals surface area contributed by atoms with Gasteiger partial charge in [0, 0.05) is 0 Å². The molecule has 2 aromatic rings. The van der Waals surface area contributed by atoms with Crippen molar-refractivity contribution in [2.75, 3.05) is 25.5 Å². The van der Waals surface area contributed by atoms with Crippen LogP contribution in [0.4, 0.5) is 5.69 Å². The van der Waals surface area contributed by atoms with Crippen molar-refractivity contribution < 1.29 is 9.59 Å². The second kappa shape index (κ2) is 10.1. The third-order valence-electron chi connectivity index (χ3n) is 4.20. The van der Waals surface area contributed by atoms with Gasteiger partial charge in [0.2, 0.25) is 11.8 Å². The third-order valence-corrected chi connectivity index (χ3v) is 4.53. The van der Waals surface area contributed by atoms with Crippen molar-refractivity contribution in [3.8, 4) is 0 Å². The van der Waals surface area contributed by atoms with E-state index in [0.717, 1.165) is 12.0 Å². The predicted octanol–water partition coefficient (Wildman–Crippen LogP) is 3.79. The third kappa shape index (κ3) is 6.70. The Bertz CT molecular complexity index is 777. The summed E-state index contributed by atoms with van der Waals surface area (Å²) >= 11 is 6.04. The number of hydrogen-bond donors (Lipinski definition) is 2. The van der Waals surface area contributed by atoms with E-state index >= 15 is 0 Å². The van der Waals surface area contributed by atoms with E-state index in [2.05, 4.69) is 10.6 Å². The molecule has 0 radical (unpaired) electrons. The zero-order valence-corrected chi connectivity index (χ0v) is 16.7. The highest BCUT2D eigenvalue weighted by Crippen LogP contribution is 2.20. The van der Waals surface area contributed by atoms with Crippen LogP contribution in [0.15, 0.2) is 48.5 Å². The minimum atomic E-state index is -0.219. The van der Waals surface area contributed by atoms with Gasteiger partial charge in [0.05, 0.1) is 29.8 Å². The first-order valence-corrected chi connectivity index (χ1v) is 9.35. The van der Waals surface area contributed by atoms with Crippen LogP contribution in [0.1, 0.15) is 30.5 Å². The molecule has 6 heteroatoms. The van der Waals surface area contributed by atoms with Crippen LogP contribution in [-0.4, -0.2) is 36.9 Å². The van der Waals surface area contributed by atoms with Gasteiger partial charge in [0.1, 0.15) is 0 Å². The molecule has 1 atom stereocenters. The molecule has 2 rings (SSSR count). The number of carbonyl (C=O) groups is 2. The molecule has 2 amide bonds. The second-order valence-electron chi connectivity index (χ2n) is 6.64. The number of carbonyl (C=O) groups excluding carboxylic acids is 2. The molecule has 2 aromatic carbocycles. The van der Waals surface area contributed by atoms with Crippen LogP contribution in [0, 0.1) is 6.92 Å². The number of amides is 2. The normalized spacial score (nSPS) is 11.9. The van der Waals surface area contributed by atoms with Crippen LogP contribution in [0.25, 0.3) is 0 Å². The first-order chi connectivity index (χ1) is 12.9. The van der Waals surface area contributed by atoms with Gasteiger partial charge in [-0.15, -0.1) is 0 Å². The molecule has 0 saturated carbocycles. The van der Waals surface area contributed by atoms with Crippen molar-refractivity contribution in [3.63, 3.8) is 0 Å². The monoisotopic (exact) mass is 387 g/mol.